The van der Waals surface area contributed by atoms with Crippen LogP contribution in [0.5, 0.6) is 0 Å². The molecule has 1 rings (SSSR count). The fraction of sp³-hybridized carbons (Fsp3) is 0.143. The molecule has 0 radical (unpaired) electrons. The lowest BCUT2D eigenvalue weighted by molar-refractivity contribution is 0.274. The van der Waals surface area contributed by atoms with Gasteiger partial charge in [-0.05, 0) is 34.7 Å². The Morgan fingerprint density at radius 2 is 2.18 bits per heavy atom. The van der Waals surface area contributed by atoms with E-state index in [2.05, 4.69) is 15.9 Å². The molecule has 0 aliphatic rings. The number of benzene rings is 1. The van der Waals surface area contributed by atoms with Crippen LogP contribution in [0.1, 0.15) is 5.56 Å². The topological polar surface area (TPSA) is 20.2 Å². The number of hydrogen-bond acceptors (Lipinski definition) is 1. The molecular weight excluding hydrogens is 326 g/mol. The minimum atomic E-state index is -0.345. The second-order valence-corrected chi connectivity index (χ2v) is 4.00. The summed E-state index contributed by atoms with van der Waals surface area (Å²) in [6, 6.07) is 3.37. The van der Waals surface area contributed by atoms with Gasteiger partial charge in [0.1, 0.15) is 5.82 Å². The monoisotopic (exact) mass is 330 g/mol. The molecule has 0 bridgehead atoms. The van der Waals surface area contributed by atoms with Crippen molar-refractivity contribution in [1.82, 2.24) is 0 Å². The van der Waals surface area contributed by atoms with Gasteiger partial charge in [-0.1, -0.05) is 15.9 Å². The summed E-state index contributed by atoms with van der Waals surface area (Å²) in [6.45, 7) is -0.275. The first-order valence-corrected chi connectivity index (χ1v) is 4.77. The van der Waals surface area contributed by atoms with Crippen molar-refractivity contribution in [2.24, 2.45) is 0 Å². The van der Waals surface area contributed by atoms with Crippen molar-refractivity contribution in [2.75, 3.05) is 0 Å². The van der Waals surface area contributed by atoms with Crippen LogP contribution in [0.25, 0.3) is 0 Å². The van der Waals surface area contributed by atoms with Gasteiger partial charge in [-0.3, -0.25) is 0 Å². The molecule has 1 aromatic rings. The van der Waals surface area contributed by atoms with E-state index in [1.54, 1.807) is 12.1 Å². The number of aliphatic hydroxyl groups is 1. The van der Waals surface area contributed by atoms with E-state index in [0.717, 1.165) is 0 Å². The molecule has 0 atom stereocenters. The molecule has 1 nitrogen and oxygen atoms in total. The van der Waals surface area contributed by atoms with Crippen molar-refractivity contribution >= 4 is 38.5 Å². The maximum Gasteiger partial charge on any atom is 0.143 e. The maximum absolute atomic E-state index is 13.1. The standard InChI is InChI=1S/C7H5BrFIO/c8-5-1-2-6(10)7(9)4(5)3-11/h1-2,11H,3H2. The molecule has 0 spiro atoms. The zero-order chi connectivity index (χ0) is 8.43. The van der Waals surface area contributed by atoms with Crippen LogP contribution in [-0.4, -0.2) is 5.11 Å². The van der Waals surface area contributed by atoms with Crippen LogP contribution in [-0.2, 0) is 6.61 Å². The highest BCUT2D eigenvalue weighted by molar-refractivity contribution is 14.1. The quantitative estimate of drug-likeness (QED) is 0.620. The fourth-order valence-electron chi connectivity index (χ4n) is 0.714. The second-order valence-electron chi connectivity index (χ2n) is 1.98. The van der Waals surface area contributed by atoms with Crippen molar-refractivity contribution in [3.8, 4) is 0 Å². The van der Waals surface area contributed by atoms with E-state index in [1.165, 1.54) is 0 Å². The second kappa shape index (κ2) is 3.82. The normalized spacial score (nSPS) is 10.2. The Morgan fingerprint density at radius 1 is 1.55 bits per heavy atom. The van der Waals surface area contributed by atoms with Crippen molar-refractivity contribution in [3.05, 3.63) is 31.6 Å². The lowest BCUT2D eigenvalue weighted by atomic mass is 10.2. The summed E-state index contributed by atoms with van der Waals surface area (Å²) in [6.07, 6.45) is 0. The number of rotatable bonds is 1. The van der Waals surface area contributed by atoms with Crippen LogP contribution in [0.3, 0.4) is 0 Å². The summed E-state index contributed by atoms with van der Waals surface area (Å²) in [7, 11) is 0. The molecule has 0 heterocycles. The highest BCUT2D eigenvalue weighted by atomic mass is 127. The molecule has 0 aliphatic heterocycles. The molecule has 0 aromatic heterocycles. The van der Waals surface area contributed by atoms with E-state index in [0.29, 0.717) is 13.6 Å². The Bertz CT molecular complexity index is 277. The molecule has 60 valence electrons. The van der Waals surface area contributed by atoms with Crippen molar-refractivity contribution in [3.63, 3.8) is 0 Å². The summed E-state index contributed by atoms with van der Waals surface area (Å²) in [5.74, 6) is -0.345. The smallest absolute Gasteiger partial charge is 0.143 e. The van der Waals surface area contributed by atoms with Gasteiger partial charge < -0.3 is 5.11 Å². The van der Waals surface area contributed by atoms with E-state index < -0.39 is 0 Å². The molecule has 1 aromatic carbocycles. The van der Waals surface area contributed by atoms with Gasteiger partial charge in [0.2, 0.25) is 0 Å². The predicted octanol–water partition coefficient (Wildman–Crippen LogP) is 2.69. The van der Waals surface area contributed by atoms with Gasteiger partial charge in [0.05, 0.1) is 6.61 Å². The van der Waals surface area contributed by atoms with Crippen LogP contribution < -0.4 is 0 Å². The number of aliphatic hydroxyl groups excluding tert-OH is 1. The Labute approximate surface area is 85.9 Å². The number of hydrogen-bond donors (Lipinski definition) is 1. The van der Waals surface area contributed by atoms with Gasteiger partial charge in [0.25, 0.3) is 0 Å². The summed E-state index contributed by atoms with van der Waals surface area (Å²) >= 11 is 5.02. The van der Waals surface area contributed by atoms with Crippen molar-refractivity contribution < 1.29 is 9.50 Å². The average molecular weight is 331 g/mol. The molecule has 0 unspecified atom stereocenters. The molecule has 0 saturated heterocycles. The Balaban J connectivity index is 3.29. The van der Waals surface area contributed by atoms with Crippen LogP contribution in [0.2, 0.25) is 0 Å². The van der Waals surface area contributed by atoms with Gasteiger partial charge >= 0.3 is 0 Å². The predicted molar refractivity (Wildman–Crippen MR) is 52.7 cm³/mol. The average Bonchev–Trinajstić information content (AvgIpc) is 1.99. The molecule has 1 N–H and O–H groups in total. The zero-order valence-corrected chi connectivity index (χ0v) is 9.19. The van der Waals surface area contributed by atoms with Crippen LogP contribution in [0.4, 0.5) is 4.39 Å². The van der Waals surface area contributed by atoms with E-state index in [1.807, 2.05) is 22.6 Å². The lowest BCUT2D eigenvalue weighted by Gasteiger charge is -2.03. The molecule has 4 heteroatoms. The number of halogens is 3. The molecule has 0 saturated carbocycles. The largest absolute Gasteiger partial charge is 0.392 e. The highest BCUT2D eigenvalue weighted by Crippen LogP contribution is 2.23. The summed E-state index contributed by atoms with van der Waals surface area (Å²) in [4.78, 5) is 0. The van der Waals surface area contributed by atoms with Gasteiger partial charge in [0, 0.05) is 13.6 Å². The third kappa shape index (κ3) is 1.91. The van der Waals surface area contributed by atoms with E-state index in [9.17, 15) is 4.39 Å². The first-order valence-electron chi connectivity index (χ1n) is 2.90. The minimum Gasteiger partial charge on any atom is -0.392 e. The van der Waals surface area contributed by atoms with E-state index >= 15 is 0 Å². The molecule has 0 amide bonds. The minimum absolute atomic E-state index is 0.275. The van der Waals surface area contributed by atoms with Gasteiger partial charge in [-0.15, -0.1) is 0 Å². The van der Waals surface area contributed by atoms with E-state index in [4.69, 9.17) is 5.11 Å². The van der Waals surface area contributed by atoms with Gasteiger partial charge in [0.15, 0.2) is 0 Å². The summed E-state index contributed by atoms with van der Waals surface area (Å²) < 4.78 is 14.2. The van der Waals surface area contributed by atoms with Crippen molar-refractivity contribution in [1.29, 1.82) is 0 Å². The Kier molecular flexibility index (Phi) is 3.27. The van der Waals surface area contributed by atoms with Gasteiger partial charge in [-0.25, -0.2) is 4.39 Å². The first-order chi connectivity index (χ1) is 5.16. The van der Waals surface area contributed by atoms with Crippen LogP contribution >= 0.6 is 38.5 Å². The summed E-state index contributed by atoms with van der Waals surface area (Å²) in [5, 5.41) is 8.75. The lowest BCUT2D eigenvalue weighted by Crippen LogP contribution is -1.93. The molecule has 0 fully saturated rings. The van der Waals surface area contributed by atoms with Crippen LogP contribution in [0, 0.1) is 9.39 Å². The van der Waals surface area contributed by atoms with E-state index in [-0.39, 0.29) is 12.4 Å². The SMILES string of the molecule is OCc1c(Br)ccc(I)c1F. The molecule has 11 heavy (non-hydrogen) atoms. The third-order valence-electron chi connectivity index (χ3n) is 1.30. The Hall–Kier alpha value is 0.320. The Morgan fingerprint density at radius 3 is 2.64 bits per heavy atom. The maximum atomic E-state index is 13.1. The first kappa shape index (κ1) is 9.41. The zero-order valence-electron chi connectivity index (χ0n) is 5.44. The van der Waals surface area contributed by atoms with Crippen LogP contribution in [0.15, 0.2) is 16.6 Å². The third-order valence-corrected chi connectivity index (χ3v) is 2.87. The highest BCUT2D eigenvalue weighted by Gasteiger charge is 2.08. The van der Waals surface area contributed by atoms with Crippen molar-refractivity contribution in [2.45, 2.75) is 6.61 Å². The fourth-order valence-corrected chi connectivity index (χ4v) is 1.65. The molecule has 0 aliphatic carbocycles. The summed E-state index contributed by atoms with van der Waals surface area (Å²) in [5.41, 5.74) is 0.317. The molecular formula is C7H5BrFIO. The van der Waals surface area contributed by atoms with Gasteiger partial charge in [-0.2, -0.15) is 0 Å².